The van der Waals surface area contributed by atoms with Gasteiger partial charge in [0.15, 0.2) is 0 Å². The van der Waals surface area contributed by atoms with E-state index < -0.39 is 5.92 Å². The van der Waals surface area contributed by atoms with Gasteiger partial charge in [0.25, 0.3) is 5.92 Å². The van der Waals surface area contributed by atoms with E-state index in [1.54, 1.807) is 11.0 Å². The van der Waals surface area contributed by atoms with E-state index in [1.807, 2.05) is 0 Å². The molecule has 2 aromatic rings. The van der Waals surface area contributed by atoms with Gasteiger partial charge in [0.1, 0.15) is 5.82 Å². The first kappa shape index (κ1) is 13.9. The van der Waals surface area contributed by atoms with Crippen LogP contribution in [-0.4, -0.2) is 40.4 Å². The van der Waals surface area contributed by atoms with E-state index in [4.69, 9.17) is 0 Å². The molecule has 21 heavy (non-hydrogen) atoms. The summed E-state index contributed by atoms with van der Waals surface area (Å²) in [6.07, 6.45) is 0. The number of imidazole rings is 1. The lowest BCUT2D eigenvalue weighted by Crippen LogP contribution is -2.47. The highest BCUT2D eigenvalue weighted by Gasteiger charge is 2.25. The van der Waals surface area contributed by atoms with E-state index in [2.05, 4.69) is 15.3 Å². The number of nitrogens with one attached hydrogen (secondary N) is 2. The molecule has 1 aromatic carbocycles. The maximum absolute atomic E-state index is 13.3. The first-order chi connectivity index (χ1) is 9.93. The van der Waals surface area contributed by atoms with Gasteiger partial charge in [-0.2, -0.15) is 0 Å². The van der Waals surface area contributed by atoms with Crippen LogP contribution in [0, 0.1) is 0 Å². The van der Waals surface area contributed by atoms with Crippen LogP contribution in [0.25, 0.3) is 11.0 Å². The number of carbonyl (C=O) groups is 1. The van der Waals surface area contributed by atoms with E-state index in [0.29, 0.717) is 36.5 Å². The summed E-state index contributed by atoms with van der Waals surface area (Å²) in [5.74, 6) is -2.26. The first-order valence-electron chi connectivity index (χ1n) is 6.79. The highest BCUT2D eigenvalue weighted by molar-refractivity contribution is 5.79. The lowest BCUT2D eigenvalue weighted by atomic mass is 10.1. The SMILES string of the molecule is CC(F)(F)c1ccc2nc(CN3CCNCC3=O)[nH]c2c1. The molecule has 5 nitrogen and oxygen atoms in total. The molecule has 2 heterocycles. The van der Waals surface area contributed by atoms with Crippen molar-refractivity contribution in [3.63, 3.8) is 0 Å². The van der Waals surface area contributed by atoms with Crippen molar-refractivity contribution >= 4 is 16.9 Å². The van der Waals surface area contributed by atoms with Crippen LogP contribution in [0.3, 0.4) is 0 Å². The number of aromatic amines is 1. The van der Waals surface area contributed by atoms with Crippen molar-refractivity contribution in [2.24, 2.45) is 0 Å². The average molecular weight is 294 g/mol. The number of amides is 1. The van der Waals surface area contributed by atoms with E-state index in [1.165, 1.54) is 12.1 Å². The zero-order chi connectivity index (χ0) is 15.0. The number of hydrogen-bond donors (Lipinski definition) is 2. The highest BCUT2D eigenvalue weighted by Crippen LogP contribution is 2.28. The van der Waals surface area contributed by atoms with E-state index in [9.17, 15) is 13.6 Å². The summed E-state index contributed by atoms with van der Waals surface area (Å²) in [5.41, 5.74) is 1.13. The van der Waals surface area contributed by atoms with Gasteiger partial charge in [-0.25, -0.2) is 13.8 Å². The van der Waals surface area contributed by atoms with Crippen molar-refractivity contribution in [2.45, 2.75) is 19.4 Å². The molecule has 1 aliphatic heterocycles. The van der Waals surface area contributed by atoms with E-state index in [-0.39, 0.29) is 11.5 Å². The molecule has 0 bridgehead atoms. The summed E-state index contributed by atoms with van der Waals surface area (Å²) in [6, 6.07) is 4.36. The minimum absolute atomic E-state index is 0.0162. The molecule has 7 heteroatoms. The summed E-state index contributed by atoms with van der Waals surface area (Å²) in [6.45, 7) is 2.93. The van der Waals surface area contributed by atoms with Crippen LogP contribution in [0.15, 0.2) is 18.2 Å². The molecule has 0 atom stereocenters. The summed E-state index contributed by atoms with van der Waals surface area (Å²) in [5, 5.41) is 3.00. The van der Waals surface area contributed by atoms with Crippen molar-refractivity contribution in [3.8, 4) is 0 Å². The maximum atomic E-state index is 13.3. The number of H-pyrrole nitrogens is 1. The molecule has 0 saturated carbocycles. The highest BCUT2D eigenvalue weighted by atomic mass is 19.3. The Morgan fingerprint density at radius 1 is 1.43 bits per heavy atom. The third kappa shape index (κ3) is 2.87. The Bertz CT molecular complexity index is 677. The van der Waals surface area contributed by atoms with Gasteiger partial charge in [0.05, 0.1) is 24.1 Å². The topological polar surface area (TPSA) is 61.0 Å². The standard InChI is InChI=1S/C14H16F2N4O/c1-14(15,16)9-2-3-10-11(6-9)19-12(18-10)8-20-5-4-17-7-13(20)21/h2-3,6,17H,4-5,7-8H2,1H3,(H,18,19). The number of hydrogen-bond acceptors (Lipinski definition) is 3. The van der Waals surface area contributed by atoms with E-state index >= 15 is 0 Å². The van der Waals surface area contributed by atoms with Crippen LogP contribution < -0.4 is 5.32 Å². The zero-order valence-corrected chi connectivity index (χ0v) is 11.6. The van der Waals surface area contributed by atoms with Gasteiger partial charge in [0.2, 0.25) is 5.91 Å². The molecule has 1 fully saturated rings. The molecular formula is C14H16F2N4O. The van der Waals surface area contributed by atoms with Crippen molar-refractivity contribution in [1.29, 1.82) is 0 Å². The summed E-state index contributed by atoms with van der Waals surface area (Å²) < 4.78 is 26.6. The number of benzene rings is 1. The minimum Gasteiger partial charge on any atom is -0.340 e. The van der Waals surface area contributed by atoms with Gasteiger partial charge in [-0.1, -0.05) is 6.07 Å². The van der Waals surface area contributed by atoms with Gasteiger partial charge >= 0.3 is 0 Å². The number of halogens is 2. The molecule has 2 N–H and O–H groups in total. The van der Waals surface area contributed by atoms with Crippen LogP contribution in [-0.2, 0) is 17.3 Å². The monoisotopic (exact) mass is 294 g/mol. The quantitative estimate of drug-likeness (QED) is 0.904. The minimum atomic E-state index is -2.88. The maximum Gasteiger partial charge on any atom is 0.270 e. The van der Waals surface area contributed by atoms with Gasteiger partial charge in [-0.3, -0.25) is 4.79 Å². The van der Waals surface area contributed by atoms with Crippen LogP contribution in [0.1, 0.15) is 18.3 Å². The number of fused-ring (bicyclic) bond motifs is 1. The summed E-state index contributed by atoms with van der Waals surface area (Å²) >= 11 is 0. The molecule has 0 radical (unpaired) electrons. The second-order valence-electron chi connectivity index (χ2n) is 5.30. The van der Waals surface area contributed by atoms with Crippen LogP contribution >= 0.6 is 0 Å². The van der Waals surface area contributed by atoms with Crippen molar-refractivity contribution in [3.05, 3.63) is 29.6 Å². The predicted molar refractivity (Wildman–Crippen MR) is 73.9 cm³/mol. The van der Waals surface area contributed by atoms with Gasteiger partial charge in [-0.15, -0.1) is 0 Å². The molecule has 0 aliphatic carbocycles. The van der Waals surface area contributed by atoms with Crippen LogP contribution in [0.5, 0.6) is 0 Å². The molecule has 1 amide bonds. The normalized spacial score (nSPS) is 16.7. The Morgan fingerprint density at radius 2 is 2.24 bits per heavy atom. The Hall–Kier alpha value is -2.02. The predicted octanol–water partition coefficient (Wildman–Crippen LogP) is 1.61. The lowest BCUT2D eigenvalue weighted by Gasteiger charge is -2.26. The molecule has 3 rings (SSSR count). The van der Waals surface area contributed by atoms with Crippen LogP contribution in [0.4, 0.5) is 8.78 Å². The average Bonchev–Trinajstić information content (AvgIpc) is 2.81. The number of rotatable bonds is 3. The summed E-state index contributed by atoms with van der Waals surface area (Å²) in [7, 11) is 0. The van der Waals surface area contributed by atoms with Crippen molar-refractivity contribution in [2.75, 3.05) is 19.6 Å². The smallest absolute Gasteiger partial charge is 0.270 e. The number of alkyl halides is 2. The van der Waals surface area contributed by atoms with Gasteiger partial charge in [-0.05, 0) is 12.1 Å². The zero-order valence-electron chi connectivity index (χ0n) is 11.6. The Labute approximate surface area is 120 Å². The third-order valence-corrected chi connectivity index (χ3v) is 3.57. The molecule has 112 valence electrons. The molecule has 1 aliphatic rings. The van der Waals surface area contributed by atoms with Gasteiger partial charge < -0.3 is 15.2 Å². The number of piperazine rings is 1. The Balaban J connectivity index is 1.85. The molecular weight excluding hydrogens is 278 g/mol. The Kier molecular flexibility index (Phi) is 3.36. The van der Waals surface area contributed by atoms with Crippen molar-refractivity contribution < 1.29 is 13.6 Å². The number of carbonyl (C=O) groups excluding carboxylic acids is 1. The number of aromatic nitrogens is 2. The van der Waals surface area contributed by atoms with E-state index in [0.717, 1.165) is 13.5 Å². The lowest BCUT2D eigenvalue weighted by molar-refractivity contribution is -0.132. The van der Waals surface area contributed by atoms with Crippen molar-refractivity contribution in [1.82, 2.24) is 20.2 Å². The summed E-state index contributed by atoms with van der Waals surface area (Å²) in [4.78, 5) is 20.8. The van der Waals surface area contributed by atoms with Crippen LogP contribution in [0.2, 0.25) is 0 Å². The first-order valence-corrected chi connectivity index (χ1v) is 6.79. The molecule has 0 unspecified atom stereocenters. The third-order valence-electron chi connectivity index (χ3n) is 3.57. The molecule has 1 saturated heterocycles. The second-order valence-corrected chi connectivity index (χ2v) is 5.30. The fourth-order valence-corrected chi connectivity index (χ4v) is 2.40. The Morgan fingerprint density at radius 3 is 2.95 bits per heavy atom. The molecule has 1 aromatic heterocycles. The fourth-order valence-electron chi connectivity index (χ4n) is 2.40. The largest absolute Gasteiger partial charge is 0.340 e. The molecule has 0 spiro atoms. The number of nitrogens with zero attached hydrogens (tertiary/aromatic N) is 2. The van der Waals surface area contributed by atoms with Gasteiger partial charge in [0, 0.05) is 25.6 Å². The fraction of sp³-hybridized carbons (Fsp3) is 0.429. The second kappa shape index (κ2) is 5.07.